The number of hydrogen-bond donors (Lipinski definition) is 0. The van der Waals surface area contributed by atoms with Crippen LogP contribution in [0.4, 0.5) is 0 Å². The summed E-state index contributed by atoms with van der Waals surface area (Å²) in [5, 5.41) is 2.10. The summed E-state index contributed by atoms with van der Waals surface area (Å²) in [5.74, 6) is 1.48. The van der Waals surface area contributed by atoms with Gasteiger partial charge in [0.15, 0.2) is 0 Å². The highest BCUT2D eigenvalue weighted by molar-refractivity contribution is 7.09. The monoisotopic (exact) mass is 293 g/mol. The van der Waals surface area contributed by atoms with Crippen molar-refractivity contribution in [1.29, 1.82) is 0 Å². The Morgan fingerprint density at radius 2 is 2.15 bits per heavy atom. The van der Waals surface area contributed by atoms with Gasteiger partial charge >= 0.3 is 0 Å². The van der Waals surface area contributed by atoms with Crippen LogP contribution in [0.3, 0.4) is 0 Å². The summed E-state index contributed by atoms with van der Waals surface area (Å²) in [5.41, 5.74) is 0. The van der Waals surface area contributed by atoms with Gasteiger partial charge in [-0.3, -0.25) is 4.79 Å². The van der Waals surface area contributed by atoms with E-state index in [1.807, 2.05) is 7.11 Å². The SMILES string of the molecule is COC1C2CCC1CN(C(=O)CCCc1cccs1)C2. The minimum atomic E-state index is 0.341. The van der Waals surface area contributed by atoms with E-state index in [2.05, 4.69) is 22.4 Å². The number of methoxy groups -OCH3 is 1. The van der Waals surface area contributed by atoms with Crippen LogP contribution in [0.25, 0.3) is 0 Å². The molecular weight excluding hydrogens is 270 g/mol. The molecule has 2 fully saturated rings. The average molecular weight is 293 g/mol. The number of fused-ring (bicyclic) bond motifs is 2. The number of nitrogens with zero attached hydrogens (tertiary/aromatic N) is 1. The van der Waals surface area contributed by atoms with E-state index in [1.165, 1.54) is 17.7 Å². The van der Waals surface area contributed by atoms with Gasteiger partial charge in [-0.25, -0.2) is 0 Å². The van der Waals surface area contributed by atoms with E-state index in [9.17, 15) is 4.79 Å². The molecule has 20 heavy (non-hydrogen) atoms. The summed E-state index contributed by atoms with van der Waals surface area (Å²) < 4.78 is 5.60. The molecule has 1 saturated heterocycles. The lowest BCUT2D eigenvalue weighted by molar-refractivity contribution is -0.136. The highest BCUT2D eigenvalue weighted by Crippen LogP contribution is 2.38. The Hall–Kier alpha value is -0.870. The molecule has 2 atom stereocenters. The highest BCUT2D eigenvalue weighted by atomic mass is 32.1. The van der Waals surface area contributed by atoms with Crippen molar-refractivity contribution in [3.8, 4) is 0 Å². The number of likely N-dealkylation sites (tertiary alicyclic amines) is 1. The van der Waals surface area contributed by atoms with Gasteiger partial charge in [0.25, 0.3) is 0 Å². The number of aryl methyl sites for hydroxylation is 1. The Balaban J connectivity index is 1.47. The minimum absolute atomic E-state index is 0.341. The summed E-state index contributed by atoms with van der Waals surface area (Å²) >= 11 is 1.78. The molecular formula is C16H23NO2S. The predicted octanol–water partition coefficient (Wildman–Crippen LogP) is 2.95. The molecule has 3 nitrogen and oxygen atoms in total. The minimum Gasteiger partial charge on any atom is -0.381 e. The Kier molecular flexibility index (Phi) is 4.41. The first-order chi connectivity index (χ1) is 9.78. The molecule has 110 valence electrons. The zero-order valence-electron chi connectivity index (χ0n) is 12.1. The third-order valence-electron chi connectivity index (χ3n) is 4.77. The smallest absolute Gasteiger partial charge is 0.222 e. The van der Waals surface area contributed by atoms with Gasteiger partial charge < -0.3 is 9.64 Å². The molecule has 2 heterocycles. The van der Waals surface area contributed by atoms with Gasteiger partial charge in [0.05, 0.1) is 6.10 Å². The fourth-order valence-electron chi connectivity index (χ4n) is 3.79. The second-order valence-corrected chi connectivity index (χ2v) is 7.06. The Morgan fingerprint density at radius 3 is 2.75 bits per heavy atom. The lowest BCUT2D eigenvalue weighted by atomic mass is 9.94. The van der Waals surface area contributed by atoms with E-state index >= 15 is 0 Å². The summed E-state index contributed by atoms with van der Waals surface area (Å²) in [4.78, 5) is 15.8. The van der Waals surface area contributed by atoms with Crippen molar-refractivity contribution in [3.05, 3.63) is 22.4 Å². The third-order valence-corrected chi connectivity index (χ3v) is 5.70. The van der Waals surface area contributed by atoms with Crippen LogP contribution in [0.15, 0.2) is 17.5 Å². The zero-order chi connectivity index (χ0) is 13.9. The van der Waals surface area contributed by atoms with Crippen LogP contribution in [0.2, 0.25) is 0 Å². The molecule has 0 aromatic carbocycles. The van der Waals surface area contributed by atoms with Gasteiger partial charge in [0.2, 0.25) is 5.91 Å². The fraction of sp³-hybridized carbons (Fsp3) is 0.688. The van der Waals surface area contributed by atoms with Crippen LogP contribution < -0.4 is 0 Å². The number of carbonyl (C=O) groups excluding carboxylic acids is 1. The molecule has 0 spiro atoms. The summed E-state index contributed by atoms with van der Waals surface area (Å²) in [6.07, 6.45) is 5.54. The molecule has 1 aromatic heterocycles. The van der Waals surface area contributed by atoms with Crippen molar-refractivity contribution in [2.24, 2.45) is 11.8 Å². The fourth-order valence-corrected chi connectivity index (χ4v) is 4.54. The van der Waals surface area contributed by atoms with E-state index < -0.39 is 0 Å². The molecule has 4 heteroatoms. The van der Waals surface area contributed by atoms with Gasteiger partial charge in [0.1, 0.15) is 0 Å². The quantitative estimate of drug-likeness (QED) is 0.835. The summed E-state index contributed by atoms with van der Waals surface area (Å²) in [6.45, 7) is 1.82. The third kappa shape index (κ3) is 2.91. The average Bonchev–Trinajstić information content (AvgIpc) is 3.04. The van der Waals surface area contributed by atoms with Crippen LogP contribution in [-0.2, 0) is 16.0 Å². The van der Waals surface area contributed by atoms with Crippen LogP contribution >= 0.6 is 11.3 Å². The number of thiophene rings is 1. The molecule has 2 aliphatic rings. The number of ether oxygens (including phenoxy) is 1. The Bertz CT molecular complexity index is 431. The van der Waals surface area contributed by atoms with Crippen molar-refractivity contribution < 1.29 is 9.53 Å². The van der Waals surface area contributed by atoms with Crippen molar-refractivity contribution in [2.45, 2.75) is 38.2 Å². The zero-order valence-corrected chi connectivity index (χ0v) is 12.9. The molecule has 1 aliphatic heterocycles. The van der Waals surface area contributed by atoms with Crippen LogP contribution in [-0.4, -0.2) is 37.1 Å². The number of piperidine rings is 1. The van der Waals surface area contributed by atoms with Crippen molar-refractivity contribution >= 4 is 17.2 Å². The first-order valence-electron chi connectivity index (χ1n) is 7.61. The summed E-state index contributed by atoms with van der Waals surface area (Å²) in [6, 6.07) is 4.23. The maximum atomic E-state index is 12.3. The molecule has 2 unspecified atom stereocenters. The molecule has 1 aliphatic carbocycles. The second-order valence-electron chi connectivity index (χ2n) is 6.03. The van der Waals surface area contributed by atoms with Gasteiger partial charge in [-0.2, -0.15) is 0 Å². The molecule has 1 aromatic rings. The van der Waals surface area contributed by atoms with Gasteiger partial charge in [-0.05, 0) is 37.1 Å². The summed E-state index contributed by atoms with van der Waals surface area (Å²) in [7, 11) is 1.81. The molecule has 3 rings (SSSR count). The maximum Gasteiger partial charge on any atom is 0.222 e. The maximum absolute atomic E-state index is 12.3. The number of hydrogen-bond acceptors (Lipinski definition) is 3. The van der Waals surface area contributed by atoms with E-state index in [0.717, 1.165) is 25.9 Å². The van der Waals surface area contributed by atoms with Crippen LogP contribution in [0.5, 0.6) is 0 Å². The number of amides is 1. The van der Waals surface area contributed by atoms with E-state index in [-0.39, 0.29) is 0 Å². The predicted molar refractivity (Wildman–Crippen MR) is 80.8 cm³/mol. The molecule has 1 amide bonds. The van der Waals surface area contributed by atoms with Gasteiger partial charge in [-0.1, -0.05) is 6.07 Å². The van der Waals surface area contributed by atoms with Crippen molar-refractivity contribution in [3.63, 3.8) is 0 Å². The van der Waals surface area contributed by atoms with Crippen LogP contribution in [0, 0.1) is 11.8 Å². The first kappa shape index (κ1) is 14.1. The lowest BCUT2D eigenvalue weighted by Gasteiger charge is -2.37. The van der Waals surface area contributed by atoms with Gasteiger partial charge in [-0.15, -0.1) is 11.3 Å². The van der Waals surface area contributed by atoms with Crippen molar-refractivity contribution in [2.75, 3.05) is 20.2 Å². The number of rotatable bonds is 5. The molecule has 0 N–H and O–H groups in total. The second kappa shape index (κ2) is 6.27. The van der Waals surface area contributed by atoms with Gasteiger partial charge in [0, 0.05) is 43.3 Å². The van der Waals surface area contributed by atoms with E-state index in [1.54, 1.807) is 11.3 Å². The Morgan fingerprint density at radius 1 is 1.40 bits per heavy atom. The molecule has 2 bridgehead atoms. The van der Waals surface area contributed by atoms with Crippen molar-refractivity contribution in [1.82, 2.24) is 4.90 Å². The highest BCUT2D eigenvalue weighted by Gasteiger charge is 2.43. The lowest BCUT2D eigenvalue weighted by Crippen LogP contribution is -2.48. The van der Waals surface area contributed by atoms with Crippen LogP contribution in [0.1, 0.15) is 30.6 Å². The standard InChI is InChI=1S/C16H23NO2S/c1-19-16-12-7-8-13(16)11-17(10-12)15(18)6-2-4-14-5-3-9-20-14/h3,5,9,12-13,16H,2,4,6-8,10-11H2,1H3. The molecule has 0 radical (unpaired) electrons. The van der Waals surface area contributed by atoms with E-state index in [0.29, 0.717) is 30.3 Å². The number of carbonyl (C=O) groups is 1. The normalized spacial score (nSPS) is 28.9. The largest absolute Gasteiger partial charge is 0.381 e. The topological polar surface area (TPSA) is 29.5 Å². The molecule has 1 saturated carbocycles. The van der Waals surface area contributed by atoms with E-state index in [4.69, 9.17) is 4.74 Å². The Labute approximate surface area is 124 Å². The first-order valence-corrected chi connectivity index (χ1v) is 8.49.